The van der Waals surface area contributed by atoms with Crippen molar-refractivity contribution in [1.82, 2.24) is 4.98 Å². The molecule has 0 amide bonds. The summed E-state index contributed by atoms with van der Waals surface area (Å²) < 4.78 is 5.69. The molecule has 2 heterocycles. The van der Waals surface area contributed by atoms with E-state index in [1.54, 1.807) is 0 Å². The molecule has 0 bridgehead atoms. The number of ether oxygens (including phenoxy) is 1. The van der Waals surface area contributed by atoms with Crippen molar-refractivity contribution in [3.05, 3.63) is 24.4 Å². The van der Waals surface area contributed by atoms with Crippen molar-refractivity contribution in [2.45, 2.75) is 38.2 Å². The smallest absolute Gasteiger partial charge is 0.125 e. The topological polar surface area (TPSA) is 34.1 Å². The van der Waals surface area contributed by atoms with Crippen LogP contribution in [0, 0.1) is 0 Å². The van der Waals surface area contributed by atoms with Crippen molar-refractivity contribution in [3.8, 4) is 0 Å². The number of aromatic nitrogens is 1. The molecular formula is C13H20N2O. The molecule has 1 aromatic rings. The van der Waals surface area contributed by atoms with E-state index in [1.807, 2.05) is 24.4 Å². The van der Waals surface area contributed by atoms with Crippen LogP contribution >= 0.6 is 0 Å². The Morgan fingerprint density at radius 2 is 2.38 bits per heavy atom. The summed E-state index contributed by atoms with van der Waals surface area (Å²) in [5, 5.41) is 3.32. The highest BCUT2D eigenvalue weighted by Crippen LogP contribution is 2.16. The zero-order valence-corrected chi connectivity index (χ0v) is 9.69. The van der Waals surface area contributed by atoms with Crippen molar-refractivity contribution in [2.75, 3.05) is 18.5 Å². The summed E-state index contributed by atoms with van der Waals surface area (Å²) >= 11 is 0. The Bertz CT molecular complexity index is 283. The SMILES string of the molecule is c1ccc(NCCC[C@H]2CCCCO2)nc1. The second kappa shape index (κ2) is 6.48. The maximum Gasteiger partial charge on any atom is 0.125 e. The van der Waals surface area contributed by atoms with Crippen LogP contribution in [0.15, 0.2) is 24.4 Å². The summed E-state index contributed by atoms with van der Waals surface area (Å²) in [4.78, 5) is 4.22. The summed E-state index contributed by atoms with van der Waals surface area (Å²) in [6, 6.07) is 5.93. The molecule has 1 N–H and O–H groups in total. The molecule has 88 valence electrons. The molecule has 1 fully saturated rings. The second-order valence-corrected chi connectivity index (χ2v) is 4.27. The van der Waals surface area contributed by atoms with E-state index in [2.05, 4.69) is 10.3 Å². The van der Waals surface area contributed by atoms with Gasteiger partial charge in [-0.15, -0.1) is 0 Å². The molecule has 1 aliphatic rings. The first-order chi connectivity index (χ1) is 7.95. The van der Waals surface area contributed by atoms with Crippen LogP contribution in [0.3, 0.4) is 0 Å². The predicted octanol–water partition coefficient (Wildman–Crippen LogP) is 2.84. The maximum atomic E-state index is 5.69. The van der Waals surface area contributed by atoms with Crippen molar-refractivity contribution in [2.24, 2.45) is 0 Å². The summed E-state index contributed by atoms with van der Waals surface area (Å²) in [6.07, 6.45) is 8.44. The molecule has 3 heteroatoms. The third-order valence-corrected chi connectivity index (χ3v) is 2.95. The Balaban J connectivity index is 1.58. The third kappa shape index (κ3) is 3.81. The van der Waals surface area contributed by atoms with Crippen LogP contribution in [-0.2, 0) is 4.74 Å². The minimum Gasteiger partial charge on any atom is -0.378 e. The molecule has 0 unspecified atom stereocenters. The van der Waals surface area contributed by atoms with E-state index in [9.17, 15) is 0 Å². The summed E-state index contributed by atoms with van der Waals surface area (Å²) in [6.45, 7) is 1.94. The molecule has 0 aromatic carbocycles. The van der Waals surface area contributed by atoms with Gasteiger partial charge in [-0.25, -0.2) is 4.98 Å². The van der Waals surface area contributed by atoms with Gasteiger partial charge in [-0.05, 0) is 44.2 Å². The van der Waals surface area contributed by atoms with Crippen LogP contribution in [0.5, 0.6) is 0 Å². The van der Waals surface area contributed by atoms with Crippen molar-refractivity contribution < 1.29 is 4.74 Å². The number of anilines is 1. The van der Waals surface area contributed by atoms with Gasteiger partial charge in [0.1, 0.15) is 5.82 Å². The summed E-state index contributed by atoms with van der Waals surface area (Å²) in [5.41, 5.74) is 0. The Hall–Kier alpha value is -1.09. The number of rotatable bonds is 5. The Labute approximate surface area is 97.2 Å². The molecule has 2 rings (SSSR count). The van der Waals surface area contributed by atoms with Gasteiger partial charge in [0.25, 0.3) is 0 Å². The van der Waals surface area contributed by atoms with Crippen molar-refractivity contribution in [3.63, 3.8) is 0 Å². The average molecular weight is 220 g/mol. The molecule has 0 aliphatic carbocycles. The Morgan fingerprint density at radius 1 is 1.38 bits per heavy atom. The Morgan fingerprint density at radius 3 is 3.12 bits per heavy atom. The van der Waals surface area contributed by atoms with Gasteiger partial charge >= 0.3 is 0 Å². The lowest BCUT2D eigenvalue weighted by atomic mass is 10.0. The molecule has 3 nitrogen and oxygen atoms in total. The van der Waals surface area contributed by atoms with Gasteiger partial charge in [0.15, 0.2) is 0 Å². The predicted molar refractivity (Wildman–Crippen MR) is 65.6 cm³/mol. The van der Waals surface area contributed by atoms with Gasteiger partial charge in [-0.1, -0.05) is 6.07 Å². The normalized spacial score (nSPS) is 20.6. The fourth-order valence-electron chi connectivity index (χ4n) is 2.05. The number of hydrogen-bond acceptors (Lipinski definition) is 3. The third-order valence-electron chi connectivity index (χ3n) is 2.95. The number of nitrogens with one attached hydrogen (secondary N) is 1. The summed E-state index contributed by atoms with van der Waals surface area (Å²) in [7, 11) is 0. The van der Waals surface area contributed by atoms with Gasteiger partial charge in [0.2, 0.25) is 0 Å². The number of hydrogen-bond donors (Lipinski definition) is 1. The maximum absolute atomic E-state index is 5.69. The minimum absolute atomic E-state index is 0.499. The largest absolute Gasteiger partial charge is 0.378 e. The zero-order valence-electron chi connectivity index (χ0n) is 9.69. The highest BCUT2D eigenvalue weighted by Gasteiger charge is 2.12. The van der Waals surface area contributed by atoms with Crippen molar-refractivity contribution >= 4 is 5.82 Å². The monoisotopic (exact) mass is 220 g/mol. The van der Waals surface area contributed by atoms with E-state index in [0.717, 1.165) is 25.4 Å². The van der Waals surface area contributed by atoms with Gasteiger partial charge in [-0.2, -0.15) is 0 Å². The highest BCUT2D eigenvalue weighted by molar-refractivity contribution is 5.32. The van der Waals surface area contributed by atoms with Gasteiger partial charge in [0.05, 0.1) is 6.10 Å². The van der Waals surface area contributed by atoms with E-state index in [0.29, 0.717) is 6.10 Å². The highest BCUT2D eigenvalue weighted by atomic mass is 16.5. The van der Waals surface area contributed by atoms with E-state index >= 15 is 0 Å². The molecule has 1 saturated heterocycles. The molecule has 1 atom stereocenters. The lowest BCUT2D eigenvalue weighted by Gasteiger charge is -2.22. The average Bonchev–Trinajstić information content (AvgIpc) is 2.37. The molecule has 1 aromatic heterocycles. The second-order valence-electron chi connectivity index (χ2n) is 4.27. The first-order valence-electron chi connectivity index (χ1n) is 6.21. The van der Waals surface area contributed by atoms with Crippen LogP contribution in [-0.4, -0.2) is 24.2 Å². The van der Waals surface area contributed by atoms with Crippen LogP contribution in [0.2, 0.25) is 0 Å². The molecule has 1 aliphatic heterocycles. The Kier molecular flexibility index (Phi) is 4.62. The zero-order chi connectivity index (χ0) is 11.1. The molecule has 16 heavy (non-hydrogen) atoms. The number of pyridine rings is 1. The fraction of sp³-hybridized carbons (Fsp3) is 0.615. The van der Waals surface area contributed by atoms with E-state index in [-0.39, 0.29) is 0 Å². The van der Waals surface area contributed by atoms with Gasteiger partial charge in [0, 0.05) is 19.3 Å². The fourth-order valence-corrected chi connectivity index (χ4v) is 2.05. The van der Waals surface area contributed by atoms with Crippen LogP contribution in [0.1, 0.15) is 32.1 Å². The minimum atomic E-state index is 0.499. The quantitative estimate of drug-likeness (QED) is 0.775. The van der Waals surface area contributed by atoms with E-state index < -0.39 is 0 Å². The molecular weight excluding hydrogens is 200 g/mol. The molecule has 0 saturated carbocycles. The number of nitrogens with zero attached hydrogens (tertiary/aromatic N) is 1. The standard InChI is InChI=1S/C13H20N2O/c1-3-9-14-13(8-1)15-10-5-7-12-6-2-4-11-16-12/h1,3,8-9,12H,2,4-7,10-11H2,(H,14,15)/t12-/m1/s1. The van der Waals surface area contributed by atoms with Crippen LogP contribution in [0.4, 0.5) is 5.82 Å². The molecule has 0 radical (unpaired) electrons. The summed E-state index contributed by atoms with van der Waals surface area (Å²) in [5.74, 6) is 0.965. The molecule has 0 spiro atoms. The van der Waals surface area contributed by atoms with Crippen LogP contribution < -0.4 is 5.32 Å². The first kappa shape index (κ1) is 11.4. The van der Waals surface area contributed by atoms with Gasteiger partial charge in [-0.3, -0.25) is 0 Å². The lowest BCUT2D eigenvalue weighted by molar-refractivity contribution is 0.0107. The lowest BCUT2D eigenvalue weighted by Crippen LogP contribution is -2.19. The van der Waals surface area contributed by atoms with E-state index in [1.165, 1.54) is 25.7 Å². The van der Waals surface area contributed by atoms with Crippen LogP contribution in [0.25, 0.3) is 0 Å². The van der Waals surface area contributed by atoms with Gasteiger partial charge < -0.3 is 10.1 Å². The van der Waals surface area contributed by atoms with E-state index in [4.69, 9.17) is 4.74 Å². The van der Waals surface area contributed by atoms with Crippen molar-refractivity contribution in [1.29, 1.82) is 0 Å². The first-order valence-corrected chi connectivity index (χ1v) is 6.21.